The number of hydrogen-bond donors (Lipinski definition) is 1. The Morgan fingerprint density at radius 1 is 1.13 bits per heavy atom. The fourth-order valence-electron chi connectivity index (χ4n) is 3.01. The van der Waals surface area contributed by atoms with Gasteiger partial charge in [-0.25, -0.2) is 14.4 Å². The molecular formula is C17H19FN4O. The third kappa shape index (κ3) is 3.27. The predicted octanol–water partition coefficient (Wildman–Crippen LogP) is 2.42. The van der Waals surface area contributed by atoms with Crippen LogP contribution in [0.2, 0.25) is 0 Å². The highest BCUT2D eigenvalue weighted by atomic mass is 19.1. The number of benzene rings is 1. The first-order valence-electron chi connectivity index (χ1n) is 7.96. The van der Waals surface area contributed by atoms with Gasteiger partial charge >= 0.3 is 0 Å². The van der Waals surface area contributed by atoms with Crippen LogP contribution in [0.5, 0.6) is 0 Å². The zero-order valence-corrected chi connectivity index (χ0v) is 12.8. The SMILES string of the molecule is Fc1ccc([C@@H]2C[C@H]2Nc2cc(N3CCOCC3)ncn2)cc1. The van der Waals surface area contributed by atoms with E-state index in [0.717, 1.165) is 44.4 Å². The molecule has 23 heavy (non-hydrogen) atoms. The first-order chi connectivity index (χ1) is 11.3. The molecule has 0 bridgehead atoms. The summed E-state index contributed by atoms with van der Waals surface area (Å²) < 4.78 is 18.4. The molecule has 1 aliphatic carbocycles. The zero-order chi connectivity index (χ0) is 15.6. The van der Waals surface area contributed by atoms with Crippen molar-refractivity contribution in [2.45, 2.75) is 18.4 Å². The van der Waals surface area contributed by atoms with Gasteiger partial charge in [-0.05, 0) is 24.1 Å². The largest absolute Gasteiger partial charge is 0.378 e. The summed E-state index contributed by atoms with van der Waals surface area (Å²) in [5.41, 5.74) is 1.17. The van der Waals surface area contributed by atoms with Gasteiger partial charge in [0.05, 0.1) is 13.2 Å². The minimum absolute atomic E-state index is 0.190. The Bertz CT molecular complexity index is 673. The van der Waals surface area contributed by atoms with Crippen LogP contribution in [0, 0.1) is 5.82 Å². The van der Waals surface area contributed by atoms with Gasteiger partial charge < -0.3 is 15.0 Å². The summed E-state index contributed by atoms with van der Waals surface area (Å²) in [7, 11) is 0. The van der Waals surface area contributed by atoms with Crippen LogP contribution in [-0.2, 0) is 4.74 Å². The maximum atomic E-state index is 13.0. The summed E-state index contributed by atoms with van der Waals surface area (Å²) in [6.45, 7) is 3.19. The van der Waals surface area contributed by atoms with Gasteiger partial charge in [-0.15, -0.1) is 0 Å². The van der Waals surface area contributed by atoms with Gasteiger partial charge in [-0.1, -0.05) is 12.1 Å². The minimum atomic E-state index is -0.190. The summed E-state index contributed by atoms with van der Waals surface area (Å²) in [5, 5.41) is 3.46. The van der Waals surface area contributed by atoms with Crippen molar-refractivity contribution >= 4 is 11.6 Å². The minimum Gasteiger partial charge on any atom is -0.378 e. The highest BCUT2D eigenvalue weighted by Crippen LogP contribution is 2.42. The van der Waals surface area contributed by atoms with Crippen LogP contribution in [-0.4, -0.2) is 42.3 Å². The van der Waals surface area contributed by atoms with Crippen molar-refractivity contribution in [2.75, 3.05) is 36.5 Å². The normalized spacial score (nSPS) is 23.6. The Kier molecular flexibility index (Phi) is 3.83. The predicted molar refractivity (Wildman–Crippen MR) is 86.2 cm³/mol. The maximum Gasteiger partial charge on any atom is 0.134 e. The molecule has 1 aliphatic heterocycles. The van der Waals surface area contributed by atoms with Gasteiger partial charge in [0.25, 0.3) is 0 Å². The molecule has 2 atom stereocenters. The number of halogens is 1. The molecule has 0 amide bonds. The number of anilines is 2. The second-order valence-corrected chi connectivity index (χ2v) is 6.01. The van der Waals surface area contributed by atoms with Crippen LogP contribution >= 0.6 is 0 Å². The topological polar surface area (TPSA) is 50.3 Å². The Morgan fingerprint density at radius 2 is 1.91 bits per heavy atom. The number of hydrogen-bond acceptors (Lipinski definition) is 5. The van der Waals surface area contributed by atoms with E-state index in [1.807, 2.05) is 18.2 Å². The van der Waals surface area contributed by atoms with Crippen molar-refractivity contribution < 1.29 is 9.13 Å². The quantitative estimate of drug-likeness (QED) is 0.939. The van der Waals surface area contributed by atoms with E-state index < -0.39 is 0 Å². The summed E-state index contributed by atoms with van der Waals surface area (Å²) in [4.78, 5) is 10.9. The number of morpholine rings is 1. The van der Waals surface area contributed by atoms with Crippen molar-refractivity contribution in [3.63, 3.8) is 0 Å². The van der Waals surface area contributed by atoms with Gasteiger partial charge in [0.15, 0.2) is 0 Å². The molecule has 5 nitrogen and oxygen atoms in total. The molecule has 1 aromatic carbocycles. The van der Waals surface area contributed by atoms with E-state index in [1.165, 1.54) is 17.7 Å². The number of ether oxygens (including phenoxy) is 1. The maximum absolute atomic E-state index is 13.0. The van der Waals surface area contributed by atoms with Crippen molar-refractivity contribution in [3.05, 3.63) is 48.0 Å². The van der Waals surface area contributed by atoms with Crippen LogP contribution in [0.4, 0.5) is 16.0 Å². The molecule has 4 rings (SSSR count). The van der Waals surface area contributed by atoms with Gasteiger partial charge in [0.2, 0.25) is 0 Å². The second-order valence-electron chi connectivity index (χ2n) is 6.01. The highest BCUT2D eigenvalue weighted by molar-refractivity contribution is 5.50. The number of nitrogens with zero attached hydrogens (tertiary/aromatic N) is 3. The van der Waals surface area contributed by atoms with E-state index in [9.17, 15) is 4.39 Å². The first-order valence-corrected chi connectivity index (χ1v) is 7.96. The summed E-state index contributed by atoms with van der Waals surface area (Å²) in [6, 6.07) is 9.11. The molecule has 1 saturated carbocycles. The fourth-order valence-corrected chi connectivity index (χ4v) is 3.01. The molecule has 0 unspecified atom stereocenters. The molecule has 120 valence electrons. The molecular weight excluding hydrogens is 295 g/mol. The van der Waals surface area contributed by atoms with Crippen LogP contribution in [0.15, 0.2) is 36.7 Å². The second kappa shape index (κ2) is 6.12. The van der Waals surface area contributed by atoms with Crippen LogP contribution < -0.4 is 10.2 Å². The molecule has 2 aromatic rings. The van der Waals surface area contributed by atoms with E-state index in [-0.39, 0.29) is 5.82 Å². The standard InChI is InChI=1S/C17H19FN4O/c18-13-3-1-12(2-4-13)14-9-15(14)21-16-10-17(20-11-19-16)22-5-7-23-8-6-22/h1-4,10-11,14-15H,5-9H2,(H,19,20,21)/t14-,15+/m0/s1. The van der Waals surface area contributed by atoms with Crippen molar-refractivity contribution in [2.24, 2.45) is 0 Å². The lowest BCUT2D eigenvalue weighted by Crippen LogP contribution is -2.36. The highest BCUT2D eigenvalue weighted by Gasteiger charge is 2.38. The fraction of sp³-hybridized carbons (Fsp3) is 0.412. The van der Waals surface area contributed by atoms with Crippen molar-refractivity contribution in [1.29, 1.82) is 0 Å². The van der Waals surface area contributed by atoms with E-state index in [2.05, 4.69) is 20.2 Å². The third-order valence-electron chi connectivity index (χ3n) is 4.41. The summed E-state index contributed by atoms with van der Waals surface area (Å²) >= 11 is 0. The molecule has 2 aliphatic rings. The number of rotatable bonds is 4. The molecule has 1 N–H and O–H groups in total. The monoisotopic (exact) mass is 314 g/mol. The Balaban J connectivity index is 1.41. The van der Waals surface area contributed by atoms with Gasteiger partial charge in [-0.3, -0.25) is 0 Å². The average Bonchev–Trinajstić information content (AvgIpc) is 3.36. The van der Waals surface area contributed by atoms with Crippen LogP contribution in [0.25, 0.3) is 0 Å². The van der Waals surface area contributed by atoms with E-state index in [1.54, 1.807) is 6.33 Å². The lowest BCUT2D eigenvalue weighted by molar-refractivity contribution is 0.122. The molecule has 2 fully saturated rings. The molecule has 0 radical (unpaired) electrons. The van der Waals surface area contributed by atoms with Crippen LogP contribution in [0.3, 0.4) is 0 Å². The number of aromatic nitrogens is 2. The van der Waals surface area contributed by atoms with Crippen molar-refractivity contribution in [1.82, 2.24) is 9.97 Å². The Hall–Kier alpha value is -2.21. The van der Waals surface area contributed by atoms with Crippen molar-refractivity contribution in [3.8, 4) is 0 Å². The van der Waals surface area contributed by atoms with Gasteiger partial charge in [0.1, 0.15) is 23.8 Å². The van der Waals surface area contributed by atoms with Gasteiger partial charge in [0, 0.05) is 31.1 Å². The Labute approximate surface area is 134 Å². The van der Waals surface area contributed by atoms with E-state index in [4.69, 9.17) is 4.74 Å². The first kappa shape index (κ1) is 14.4. The van der Waals surface area contributed by atoms with Crippen LogP contribution in [0.1, 0.15) is 17.9 Å². The smallest absolute Gasteiger partial charge is 0.134 e. The molecule has 1 aromatic heterocycles. The lowest BCUT2D eigenvalue weighted by atomic mass is 10.1. The molecule has 0 spiro atoms. The summed E-state index contributed by atoms with van der Waals surface area (Å²) in [6.07, 6.45) is 2.64. The number of nitrogens with one attached hydrogen (secondary N) is 1. The lowest BCUT2D eigenvalue weighted by Gasteiger charge is -2.27. The molecule has 6 heteroatoms. The summed E-state index contributed by atoms with van der Waals surface area (Å²) in [5.74, 6) is 2.02. The Morgan fingerprint density at radius 3 is 2.70 bits per heavy atom. The third-order valence-corrected chi connectivity index (χ3v) is 4.41. The van der Waals surface area contributed by atoms with E-state index in [0.29, 0.717) is 12.0 Å². The molecule has 1 saturated heterocycles. The van der Waals surface area contributed by atoms with E-state index >= 15 is 0 Å². The van der Waals surface area contributed by atoms with Gasteiger partial charge in [-0.2, -0.15) is 0 Å². The molecule has 2 heterocycles. The average molecular weight is 314 g/mol. The zero-order valence-electron chi connectivity index (χ0n) is 12.8.